The van der Waals surface area contributed by atoms with Crippen LogP contribution >= 0.6 is 10.2 Å². The van der Waals surface area contributed by atoms with Crippen molar-refractivity contribution >= 4 is 10.2 Å². The number of rotatable bonds is 5. The lowest BCUT2D eigenvalue weighted by molar-refractivity contribution is 0.308. The van der Waals surface area contributed by atoms with E-state index in [4.69, 9.17) is 0 Å². The van der Waals surface area contributed by atoms with Crippen LogP contribution in [0.2, 0.25) is 0 Å². The van der Waals surface area contributed by atoms with Crippen LogP contribution in [-0.4, -0.2) is 0 Å². The Morgan fingerprint density at radius 1 is 0.793 bits per heavy atom. The van der Waals surface area contributed by atoms with Gasteiger partial charge < -0.3 is 0 Å². The molecule has 29 heavy (non-hydrogen) atoms. The minimum absolute atomic E-state index is 0.219. The lowest BCUT2D eigenvalue weighted by atomic mass is 9.77. The third-order valence-corrected chi connectivity index (χ3v) is 6.80. The molecule has 1 aliphatic carbocycles. The second-order valence-electron chi connectivity index (χ2n) is 7.87. The Morgan fingerprint density at radius 2 is 1.31 bits per heavy atom. The van der Waals surface area contributed by atoms with Crippen molar-refractivity contribution < 1.29 is 28.2 Å². The highest BCUT2D eigenvalue weighted by Gasteiger charge is 2.68. The molecule has 0 unspecified atom stereocenters. The zero-order chi connectivity index (χ0) is 21.5. The summed E-state index contributed by atoms with van der Waals surface area (Å²) >= 11 is 0. The monoisotopic (exact) mass is 440 g/mol. The molecule has 0 radical (unpaired) electrons. The standard InChI is InChI=1S/C21H23F7S/c1-2-3-14-4-6-15(7-5-14)16-8-10-17(11-9-16)18-12-19(22)21(20(23)13-18)29(24,25,26,27)28/h8-15H,2-7H2,1H3. The Hall–Kier alpha value is -1.70. The van der Waals surface area contributed by atoms with Gasteiger partial charge in [0.2, 0.25) is 0 Å². The highest BCUT2D eigenvalue weighted by Crippen LogP contribution is 3.02. The first-order valence-corrected chi connectivity index (χ1v) is 11.6. The molecule has 0 saturated heterocycles. The normalized spacial score (nSPS) is 22.8. The summed E-state index contributed by atoms with van der Waals surface area (Å²) < 4.78 is 92.0. The van der Waals surface area contributed by atoms with Gasteiger partial charge in [0, 0.05) is 0 Å². The topological polar surface area (TPSA) is 0 Å². The van der Waals surface area contributed by atoms with Crippen LogP contribution in [0.3, 0.4) is 0 Å². The first-order chi connectivity index (χ1) is 13.3. The van der Waals surface area contributed by atoms with Crippen LogP contribution in [0.25, 0.3) is 11.1 Å². The summed E-state index contributed by atoms with van der Waals surface area (Å²) in [7, 11) is -10.5. The van der Waals surface area contributed by atoms with Crippen molar-refractivity contribution in [1.29, 1.82) is 0 Å². The summed E-state index contributed by atoms with van der Waals surface area (Å²) in [6.45, 7) is 2.17. The predicted molar refractivity (Wildman–Crippen MR) is 103 cm³/mol. The fourth-order valence-electron chi connectivity index (χ4n) is 4.24. The lowest BCUT2D eigenvalue weighted by Crippen LogP contribution is -2.13. The minimum Gasteiger partial charge on any atom is -0.205 e. The first-order valence-electron chi connectivity index (χ1n) is 9.62. The van der Waals surface area contributed by atoms with Crippen LogP contribution in [0.5, 0.6) is 0 Å². The van der Waals surface area contributed by atoms with Crippen molar-refractivity contribution in [3.05, 3.63) is 53.6 Å². The van der Waals surface area contributed by atoms with Gasteiger partial charge in [0.25, 0.3) is 0 Å². The Balaban J connectivity index is 1.83. The number of hydrogen-bond acceptors (Lipinski definition) is 0. The Kier molecular flexibility index (Phi) is 5.25. The van der Waals surface area contributed by atoms with Crippen LogP contribution in [0.15, 0.2) is 41.3 Å². The molecule has 0 heterocycles. The summed E-state index contributed by atoms with van der Waals surface area (Å²) in [4.78, 5) is -3.09. The molecule has 0 spiro atoms. The second kappa shape index (κ2) is 6.93. The van der Waals surface area contributed by atoms with Gasteiger partial charge in [-0.15, -0.1) is 0 Å². The van der Waals surface area contributed by atoms with Crippen LogP contribution in [0.1, 0.15) is 56.9 Å². The summed E-state index contributed by atoms with van der Waals surface area (Å²) in [5.41, 5.74) is 1.11. The maximum Gasteiger partial charge on any atom is 0.315 e. The SMILES string of the molecule is CCCC1CCC(c2ccc(-c3cc(F)c(S(F)(F)(F)(F)F)c(F)c3)cc2)CC1. The maximum atomic E-state index is 13.8. The minimum atomic E-state index is -10.5. The molecular formula is C21H23F7S. The molecule has 0 aromatic heterocycles. The predicted octanol–water partition coefficient (Wildman–Crippen LogP) is 9.36. The molecule has 1 fully saturated rings. The molecule has 1 saturated carbocycles. The molecule has 0 nitrogen and oxygen atoms in total. The van der Waals surface area contributed by atoms with Crippen molar-refractivity contribution in [2.45, 2.75) is 56.3 Å². The van der Waals surface area contributed by atoms with Gasteiger partial charge in [0.1, 0.15) is 11.6 Å². The first kappa shape index (κ1) is 22.0. The van der Waals surface area contributed by atoms with Gasteiger partial charge in [-0.1, -0.05) is 63.5 Å². The molecular weight excluding hydrogens is 417 g/mol. The molecule has 0 atom stereocenters. The molecule has 8 heteroatoms. The van der Waals surface area contributed by atoms with E-state index < -0.39 is 26.8 Å². The maximum absolute atomic E-state index is 13.8. The Morgan fingerprint density at radius 3 is 1.76 bits per heavy atom. The lowest BCUT2D eigenvalue weighted by Gasteiger charge is -2.40. The van der Waals surface area contributed by atoms with E-state index in [9.17, 15) is 28.2 Å². The zero-order valence-corrected chi connectivity index (χ0v) is 16.7. The van der Waals surface area contributed by atoms with Gasteiger partial charge in [-0.3, -0.25) is 0 Å². The van der Waals surface area contributed by atoms with Crippen molar-refractivity contribution in [3.63, 3.8) is 0 Å². The van der Waals surface area contributed by atoms with E-state index in [0.29, 0.717) is 18.1 Å². The third kappa shape index (κ3) is 5.08. The second-order valence-corrected chi connectivity index (χ2v) is 10.2. The van der Waals surface area contributed by atoms with Gasteiger partial charge >= 0.3 is 10.2 Å². The number of benzene rings is 2. The van der Waals surface area contributed by atoms with Crippen molar-refractivity contribution in [2.75, 3.05) is 0 Å². The largest absolute Gasteiger partial charge is 0.315 e. The van der Waals surface area contributed by atoms with E-state index in [0.717, 1.165) is 43.6 Å². The molecule has 0 bridgehead atoms. The van der Waals surface area contributed by atoms with E-state index in [1.165, 1.54) is 6.42 Å². The number of halogens is 7. The fraction of sp³-hybridized carbons (Fsp3) is 0.429. The van der Waals surface area contributed by atoms with E-state index >= 15 is 0 Å². The molecule has 2 aromatic rings. The summed E-state index contributed by atoms with van der Waals surface area (Å²) in [6, 6.07) is 7.30. The third-order valence-electron chi connectivity index (χ3n) is 5.64. The van der Waals surface area contributed by atoms with Crippen LogP contribution in [-0.2, 0) is 0 Å². The molecule has 162 valence electrons. The van der Waals surface area contributed by atoms with E-state index in [1.54, 1.807) is 24.3 Å². The summed E-state index contributed by atoms with van der Waals surface area (Å²) in [5, 5.41) is 0. The van der Waals surface area contributed by atoms with Crippen LogP contribution < -0.4 is 0 Å². The zero-order valence-electron chi connectivity index (χ0n) is 15.9. The van der Waals surface area contributed by atoms with E-state index in [-0.39, 0.29) is 11.1 Å². The van der Waals surface area contributed by atoms with Crippen LogP contribution in [0.4, 0.5) is 28.2 Å². The van der Waals surface area contributed by atoms with Crippen molar-refractivity contribution in [3.8, 4) is 11.1 Å². The Labute approximate surface area is 165 Å². The molecule has 2 aromatic carbocycles. The quantitative estimate of drug-likeness (QED) is 0.406. The van der Waals surface area contributed by atoms with E-state index in [1.807, 2.05) is 0 Å². The highest BCUT2D eigenvalue weighted by atomic mass is 32.5. The smallest absolute Gasteiger partial charge is 0.205 e. The molecule has 1 aliphatic rings. The molecule has 0 N–H and O–H groups in total. The van der Waals surface area contributed by atoms with Gasteiger partial charge in [-0.25, -0.2) is 8.78 Å². The molecule has 3 rings (SSSR count). The van der Waals surface area contributed by atoms with Crippen molar-refractivity contribution in [1.82, 2.24) is 0 Å². The molecule has 0 aliphatic heterocycles. The number of hydrogen-bond donors (Lipinski definition) is 0. The van der Waals surface area contributed by atoms with Crippen LogP contribution in [0, 0.1) is 17.6 Å². The summed E-state index contributed by atoms with van der Waals surface area (Å²) in [6.07, 6.45) is 6.77. The Bertz CT molecular complexity index is 857. The average molecular weight is 440 g/mol. The summed E-state index contributed by atoms with van der Waals surface area (Å²) in [5.74, 6) is -3.50. The van der Waals surface area contributed by atoms with Gasteiger partial charge in [0.15, 0.2) is 4.90 Å². The van der Waals surface area contributed by atoms with Gasteiger partial charge in [0.05, 0.1) is 0 Å². The van der Waals surface area contributed by atoms with Crippen molar-refractivity contribution in [2.24, 2.45) is 5.92 Å². The van der Waals surface area contributed by atoms with Gasteiger partial charge in [-0.05, 0) is 66.3 Å². The van der Waals surface area contributed by atoms with Gasteiger partial charge in [-0.2, -0.15) is 0 Å². The van der Waals surface area contributed by atoms with E-state index in [2.05, 4.69) is 6.92 Å². The highest BCUT2D eigenvalue weighted by molar-refractivity contribution is 8.45. The average Bonchev–Trinajstić information content (AvgIpc) is 2.60. The molecule has 0 amide bonds. The fourth-order valence-corrected chi connectivity index (χ4v) is 5.09.